The van der Waals surface area contributed by atoms with E-state index in [-0.39, 0.29) is 11.8 Å². The molecule has 1 saturated carbocycles. The molecule has 2 atom stereocenters. The van der Waals surface area contributed by atoms with Crippen molar-refractivity contribution in [3.8, 4) is 11.1 Å². The topological polar surface area (TPSA) is 67.2 Å². The number of fused-ring (bicyclic) bond motifs is 1. The van der Waals surface area contributed by atoms with Gasteiger partial charge < -0.3 is 5.32 Å². The lowest BCUT2D eigenvalue weighted by molar-refractivity contribution is -0.117. The number of amides is 1. The Labute approximate surface area is 222 Å². The Bertz CT molecular complexity index is 1620. The highest BCUT2D eigenvalue weighted by Crippen LogP contribution is 2.39. The Hall–Kier alpha value is -4.64. The number of aromatic nitrogens is 2. The van der Waals surface area contributed by atoms with Crippen LogP contribution in [-0.2, 0) is 4.79 Å². The van der Waals surface area contributed by atoms with Crippen LogP contribution < -0.4 is 5.32 Å². The van der Waals surface area contributed by atoms with Crippen molar-refractivity contribution in [1.82, 2.24) is 9.97 Å². The molecule has 186 valence electrons. The predicted molar refractivity (Wildman–Crippen MR) is 154 cm³/mol. The predicted octanol–water partition coefficient (Wildman–Crippen LogP) is 7.37. The molecule has 5 aromatic rings. The monoisotopic (exact) mass is 496 g/mol. The number of hydrogen-bond donors (Lipinski definition) is 1. The third-order valence-electron chi connectivity index (χ3n) is 7.19. The number of aryl methyl sites for hydroxylation is 1. The lowest BCUT2D eigenvalue weighted by Gasteiger charge is -2.13. The van der Waals surface area contributed by atoms with Crippen molar-refractivity contribution >= 4 is 33.9 Å². The number of nitrogens with zero attached hydrogens (tertiary/aromatic N) is 3. The van der Waals surface area contributed by atoms with Crippen LogP contribution >= 0.6 is 0 Å². The van der Waals surface area contributed by atoms with Gasteiger partial charge in [0.1, 0.15) is 5.82 Å². The van der Waals surface area contributed by atoms with Crippen LogP contribution in [0.5, 0.6) is 0 Å². The van der Waals surface area contributed by atoms with Gasteiger partial charge in [-0.15, -0.1) is 0 Å². The summed E-state index contributed by atoms with van der Waals surface area (Å²) in [6.45, 7) is 4.18. The molecular weight excluding hydrogens is 468 g/mol. The maximum absolute atomic E-state index is 12.6. The second kappa shape index (κ2) is 10.0. The Morgan fingerprint density at radius 2 is 1.61 bits per heavy atom. The molecule has 3 aromatic carbocycles. The van der Waals surface area contributed by atoms with Gasteiger partial charge in [-0.25, -0.2) is 9.98 Å². The van der Waals surface area contributed by atoms with E-state index in [0.717, 1.165) is 56.4 Å². The molecule has 2 heterocycles. The molecule has 1 amide bonds. The normalized spacial score (nSPS) is 16.2. The van der Waals surface area contributed by atoms with Crippen molar-refractivity contribution in [2.75, 3.05) is 5.32 Å². The molecule has 6 rings (SSSR count). The zero-order chi connectivity index (χ0) is 26.1. The number of nitrogens with one attached hydrogen (secondary N) is 1. The molecule has 0 radical (unpaired) electrons. The summed E-state index contributed by atoms with van der Waals surface area (Å²) in [5, 5.41) is 4.88. The van der Waals surface area contributed by atoms with Crippen LogP contribution in [0.4, 0.5) is 11.5 Å². The number of anilines is 1. The third-order valence-corrected chi connectivity index (χ3v) is 7.19. The van der Waals surface area contributed by atoms with Gasteiger partial charge in [0.05, 0.1) is 11.4 Å². The number of aliphatic imine (C=N–C) groups is 1. The quantitative estimate of drug-likeness (QED) is 0.250. The average Bonchev–Trinajstić information content (AvgIpc) is 3.69. The largest absolute Gasteiger partial charge is 0.310 e. The number of pyridine rings is 2. The summed E-state index contributed by atoms with van der Waals surface area (Å²) in [5.74, 6) is 1.11. The second-order valence-electron chi connectivity index (χ2n) is 9.98. The minimum Gasteiger partial charge on any atom is -0.310 e. The molecule has 0 saturated heterocycles. The Kier molecular flexibility index (Phi) is 6.26. The molecule has 1 N–H and O–H groups in total. The van der Waals surface area contributed by atoms with E-state index >= 15 is 0 Å². The fraction of sp³-hybridized carbons (Fsp3) is 0.152. The van der Waals surface area contributed by atoms with Crippen LogP contribution in [0.2, 0.25) is 0 Å². The summed E-state index contributed by atoms with van der Waals surface area (Å²) in [4.78, 5) is 26.8. The molecule has 5 heteroatoms. The van der Waals surface area contributed by atoms with Crippen LogP contribution in [0.1, 0.15) is 30.0 Å². The van der Waals surface area contributed by atoms with Crippen molar-refractivity contribution in [3.05, 3.63) is 120 Å². The molecule has 1 aliphatic rings. The van der Waals surface area contributed by atoms with E-state index in [4.69, 9.17) is 4.99 Å². The first-order chi connectivity index (χ1) is 18.6. The van der Waals surface area contributed by atoms with Crippen molar-refractivity contribution in [2.24, 2.45) is 16.8 Å². The zero-order valence-electron chi connectivity index (χ0n) is 21.4. The van der Waals surface area contributed by atoms with Gasteiger partial charge in [-0.2, -0.15) is 0 Å². The first-order valence-corrected chi connectivity index (χ1v) is 12.9. The minimum absolute atomic E-state index is 0.0392. The highest BCUT2D eigenvalue weighted by molar-refractivity contribution is 6.15. The molecule has 0 spiro atoms. The summed E-state index contributed by atoms with van der Waals surface area (Å²) in [6.07, 6.45) is 6.44. The van der Waals surface area contributed by atoms with Crippen LogP contribution in [0, 0.1) is 18.8 Å². The van der Waals surface area contributed by atoms with E-state index < -0.39 is 0 Å². The van der Waals surface area contributed by atoms with Gasteiger partial charge in [0.25, 0.3) is 0 Å². The SMILES string of the molecule is Cc1ccncc1-c1cc(N=C(c2ccccc2)c2ccccc2)c2cnc(NC(=O)[C@H]3C[C@@H]3C)cc2c1. The maximum atomic E-state index is 12.6. The lowest BCUT2D eigenvalue weighted by atomic mass is 9.98. The van der Waals surface area contributed by atoms with Crippen molar-refractivity contribution in [3.63, 3.8) is 0 Å². The third kappa shape index (κ3) is 4.83. The fourth-order valence-electron chi connectivity index (χ4n) is 4.84. The highest BCUT2D eigenvalue weighted by atomic mass is 16.2. The van der Waals surface area contributed by atoms with Crippen molar-refractivity contribution < 1.29 is 4.79 Å². The number of hydrogen-bond acceptors (Lipinski definition) is 4. The fourth-order valence-corrected chi connectivity index (χ4v) is 4.84. The summed E-state index contributed by atoms with van der Waals surface area (Å²) < 4.78 is 0. The first kappa shape index (κ1) is 23.7. The number of carbonyl (C=O) groups excluding carboxylic acids is 1. The lowest BCUT2D eigenvalue weighted by Crippen LogP contribution is -2.15. The van der Waals surface area contributed by atoms with E-state index in [9.17, 15) is 4.79 Å². The first-order valence-electron chi connectivity index (χ1n) is 12.9. The number of benzene rings is 3. The Morgan fingerprint density at radius 3 is 2.24 bits per heavy atom. The molecule has 1 fully saturated rings. The minimum atomic E-state index is 0.0392. The van der Waals surface area contributed by atoms with E-state index in [1.807, 2.05) is 60.9 Å². The molecule has 0 aliphatic heterocycles. The summed E-state index contributed by atoms with van der Waals surface area (Å²) in [6, 6.07) is 28.6. The van der Waals surface area contributed by atoms with Gasteiger partial charge in [0, 0.05) is 46.6 Å². The van der Waals surface area contributed by atoms with Gasteiger partial charge >= 0.3 is 0 Å². The van der Waals surface area contributed by atoms with E-state index in [2.05, 4.69) is 65.5 Å². The summed E-state index contributed by atoms with van der Waals surface area (Å²) >= 11 is 0. The molecule has 38 heavy (non-hydrogen) atoms. The van der Waals surface area contributed by atoms with Crippen LogP contribution in [0.3, 0.4) is 0 Å². The number of rotatable bonds is 6. The van der Waals surface area contributed by atoms with Gasteiger partial charge in [-0.3, -0.25) is 9.78 Å². The van der Waals surface area contributed by atoms with E-state index in [1.54, 1.807) is 6.20 Å². The van der Waals surface area contributed by atoms with Crippen LogP contribution in [0.25, 0.3) is 21.9 Å². The Morgan fingerprint density at radius 1 is 0.921 bits per heavy atom. The second-order valence-corrected chi connectivity index (χ2v) is 9.98. The summed E-state index contributed by atoms with van der Waals surface area (Å²) in [7, 11) is 0. The average molecular weight is 497 g/mol. The van der Waals surface area contributed by atoms with E-state index in [1.165, 1.54) is 0 Å². The maximum Gasteiger partial charge on any atom is 0.228 e. The van der Waals surface area contributed by atoms with E-state index in [0.29, 0.717) is 11.7 Å². The van der Waals surface area contributed by atoms with Gasteiger partial charge in [-0.05, 0) is 60.0 Å². The smallest absolute Gasteiger partial charge is 0.228 e. The van der Waals surface area contributed by atoms with Crippen LogP contribution in [-0.4, -0.2) is 21.6 Å². The molecule has 5 nitrogen and oxygen atoms in total. The molecule has 0 bridgehead atoms. The zero-order valence-corrected chi connectivity index (χ0v) is 21.4. The molecule has 1 aliphatic carbocycles. The van der Waals surface area contributed by atoms with Gasteiger partial charge in [0.15, 0.2) is 0 Å². The Balaban J connectivity index is 1.54. The van der Waals surface area contributed by atoms with Crippen molar-refractivity contribution in [1.29, 1.82) is 0 Å². The molecular formula is C33H28N4O. The highest BCUT2D eigenvalue weighted by Gasteiger charge is 2.39. The van der Waals surface area contributed by atoms with Crippen molar-refractivity contribution in [2.45, 2.75) is 20.3 Å². The van der Waals surface area contributed by atoms with Crippen LogP contribution in [0.15, 0.2) is 109 Å². The van der Waals surface area contributed by atoms with Gasteiger partial charge in [0.2, 0.25) is 5.91 Å². The summed E-state index contributed by atoms with van der Waals surface area (Å²) in [5.41, 5.74) is 6.95. The standard InChI is InChI=1S/C33H28N4O/c1-21-13-14-34-19-28(21)25-16-26-18-31(37-33(38)27-15-22(27)2)35-20-29(26)30(17-25)36-32(23-9-5-3-6-10-23)24-11-7-4-8-12-24/h3-14,16-20,22,27H,15H2,1-2H3,(H,35,37,38)/t22-,27-/m0/s1. The molecule has 0 unspecified atom stereocenters. The van der Waals surface area contributed by atoms with Gasteiger partial charge in [-0.1, -0.05) is 67.6 Å². The molecule has 2 aromatic heterocycles. The number of carbonyl (C=O) groups is 1.